The van der Waals surface area contributed by atoms with E-state index in [0.717, 1.165) is 23.7 Å². The lowest BCUT2D eigenvalue weighted by atomic mass is 9.96. The van der Waals surface area contributed by atoms with Gasteiger partial charge in [-0.25, -0.2) is 4.98 Å². The van der Waals surface area contributed by atoms with Gasteiger partial charge in [0.1, 0.15) is 9.88 Å². The van der Waals surface area contributed by atoms with Gasteiger partial charge in [-0.3, -0.25) is 4.79 Å². The summed E-state index contributed by atoms with van der Waals surface area (Å²) in [7, 11) is 0. The molecule has 0 aliphatic carbocycles. The molecule has 1 aromatic heterocycles. The van der Waals surface area contributed by atoms with Crippen LogP contribution in [0.2, 0.25) is 0 Å². The van der Waals surface area contributed by atoms with Crippen LogP contribution in [0.3, 0.4) is 0 Å². The molecular weight excluding hydrogens is 292 g/mol. The van der Waals surface area contributed by atoms with Gasteiger partial charge < -0.3 is 10.1 Å². The zero-order chi connectivity index (χ0) is 15.0. The number of nitrogens with one attached hydrogen (secondary N) is 1. The molecule has 0 fully saturated rings. The lowest BCUT2D eigenvalue weighted by Crippen LogP contribution is -2.52. The van der Waals surface area contributed by atoms with E-state index in [0.29, 0.717) is 11.9 Å². The molecule has 2 unspecified atom stereocenters. The van der Waals surface area contributed by atoms with Crippen LogP contribution in [-0.4, -0.2) is 34.9 Å². The third-order valence-electron chi connectivity index (χ3n) is 2.90. The largest absolute Gasteiger partial charge is 0.465 e. The van der Waals surface area contributed by atoms with Gasteiger partial charge in [0.05, 0.1) is 6.61 Å². The molecule has 1 aromatic rings. The Morgan fingerprint density at radius 1 is 1.60 bits per heavy atom. The quantitative estimate of drug-likeness (QED) is 0.559. The van der Waals surface area contributed by atoms with E-state index in [-0.39, 0.29) is 5.97 Å². The number of carbonyl (C=O) groups is 1. The van der Waals surface area contributed by atoms with E-state index in [1.165, 1.54) is 0 Å². The Hall–Kier alpha value is -0.590. The Morgan fingerprint density at radius 3 is 2.90 bits per heavy atom. The van der Waals surface area contributed by atoms with E-state index < -0.39 is 5.54 Å². The summed E-state index contributed by atoms with van der Waals surface area (Å²) >= 11 is 3.33. The molecule has 0 aromatic carbocycles. The highest BCUT2D eigenvalue weighted by molar-refractivity contribution is 8.01. The molecule has 0 aliphatic rings. The summed E-state index contributed by atoms with van der Waals surface area (Å²) in [5, 5.41) is 5.59. The number of nitrogens with zero attached hydrogens (tertiary/aromatic N) is 1. The normalized spacial score (nSPS) is 15.6. The molecule has 0 saturated carbocycles. The van der Waals surface area contributed by atoms with Gasteiger partial charge >= 0.3 is 5.97 Å². The van der Waals surface area contributed by atoms with Crippen LogP contribution in [0.25, 0.3) is 0 Å². The highest BCUT2D eigenvalue weighted by Gasteiger charge is 2.35. The summed E-state index contributed by atoms with van der Waals surface area (Å²) in [6, 6.07) is 0. The number of carbonyl (C=O) groups excluding carboxylic acids is 1. The highest BCUT2D eigenvalue weighted by atomic mass is 32.2. The maximum absolute atomic E-state index is 12.2. The van der Waals surface area contributed by atoms with Crippen LogP contribution < -0.4 is 5.32 Å². The Morgan fingerprint density at radius 2 is 2.35 bits per heavy atom. The minimum Gasteiger partial charge on any atom is -0.465 e. The van der Waals surface area contributed by atoms with E-state index in [1.54, 1.807) is 29.3 Å². The first-order valence-corrected chi connectivity index (χ1v) is 8.76. The van der Waals surface area contributed by atoms with Crippen LogP contribution in [-0.2, 0) is 9.53 Å². The molecular formula is C14H24N2O2S2. The second-order valence-electron chi connectivity index (χ2n) is 4.91. The highest BCUT2D eigenvalue weighted by Crippen LogP contribution is 2.30. The maximum Gasteiger partial charge on any atom is 0.326 e. The van der Waals surface area contributed by atoms with Crippen LogP contribution in [0, 0.1) is 0 Å². The molecule has 6 heteroatoms. The van der Waals surface area contributed by atoms with Crippen molar-refractivity contribution >= 4 is 29.1 Å². The van der Waals surface area contributed by atoms with Crippen molar-refractivity contribution in [3.8, 4) is 0 Å². The van der Waals surface area contributed by atoms with E-state index in [4.69, 9.17) is 4.74 Å². The smallest absolute Gasteiger partial charge is 0.326 e. The monoisotopic (exact) mass is 316 g/mol. The van der Waals surface area contributed by atoms with Gasteiger partial charge in [0.2, 0.25) is 0 Å². The SMILES string of the molecule is CCCNC(C)(CC(C)Sc1nccs1)C(=O)OCC. The number of ether oxygens (including phenoxy) is 1. The molecule has 20 heavy (non-hydrogen) atoms. The van der Waals surface area contributed by atoms with Gasteiger partial charge in [0, 0.05) is 16.8 Å². The molecule has 1 rings (SSSR count). The number of esters is 1. The van der Waals surface area contributed by atoms with Gasteiger partial charge in [-0.1, -0.05) is 25.6 Å². The molecule has 0 aliphatic heterocycles. The fraction of sp³-hybridized carbons (Fsp3) is 0.714. The lowest BCUT2D eigenvalue weighted by molar-refractivity contribution is -0.150. The summed E-state index contributed by atoms with van der Waals surface area (Å²) in [4.78, 5) is 16.5. The molecule has 1 N–H and O–H groups in total. The van der Waals surface area contributed by atoms with Gasteiger partial charge in [-0.15, -0.1) is 11.3 Å². The number of aromatic nitrogens is 1. The van der Waals surface area contributed by atoms with Crippen LogP contribution in [0.1, 0.15) is 40.5 Å². The molecule has 4 nitrogen and oxygen atoms in total. The van der Waals surface area contributed by atoms with Crippen molar-refractivity contribution in [1.29, 1.82) is 0 Å². The van der Waals surface area contributed by atoms with E-state index in [1.807, 2.05) is 19.2 Å². The molecule has 0 radical (unpaired) electrons. The molecule has 0 saturated heterocycles. The second kappa shape index (κ2) is 8.64. The van der Waals surface area contributed by atoms with Crippen molar-refractivity contribution < 1.29 is 9.53 Å². The van der Waals surface area contributed by atoms with Crippen LogP contribution >= 0.6 is 23.1 Å². The Labute approximate surface area is 129 Å². The van der Waals surface area contributed by atoms with Crippen LogP contribution in [0.5, 0.6) is 0 Å². The topological polar surface area (TPSA) is 51.2 Å². The van der Waals surface area contributed by atoms with Crippen molar-refractivity contribution in [2.45, 2.75) is 55.7 Å². The molecule has 2 atom stereocenters. The van der Waals surface area contributed by atoms with Crippen LogP contribution in [0.15, 0.2) is 15.9 Å². The summed E-state index contributed by atoms with van der Waals surface area (Å²) in [5.74, 6) is -0.167. The molecule has 1 heterocycles. The van der Waals surface area contributed by atoms with Crippen molar-refractivity contribution in [1.82, 2.24) is 10.3 Å². The summed E-state index contributed by atoms with van der Waals surface area (Å²) in [6.45, 7) is 9.20. The maximum atomic E-state index is 12.2. The number of rotatable bonds is 9. The van der Waals surface area contributed by atoms with Crippen molar-refractivity contribution in [3.63, 3.8) is 0 Å². The number of thiazole rings is 1. The molecule has 0 amide bonds. The first-order chi connectivity index (χ1) is 9.51. The fourth-order valence-electron chi connectivity index (χ4n) is 1.98. The molecule has 0 spiro atoms. The Balaban J connectivity index is 2.64. The third-order valence-corrected chi connectivity index (χ3v) is 4.92. The summed E-state index contributed by atoms with van der Waals surface area (Å²) in [5.41, 5.74) is -0.629. The zero-order valence-electron chi connectivity index (χ0n) is 12.6. The average molecular weight is 316 g/mol. The Kier molecular flexibility index (Phi) is 7.55. The first-order valence-electron chi connectivity index (χ1n) is 7.00. The zero-order valence-corrected chi connectivity index (χ0v) is 14.3. The number of thioether (sulfide) groups is 1. The molecule has 0 bridgehead atoms. The van der Waals surface area contributed by atoms with Crippen LogP contribution in [0.4, 0.5) is 0 Å². The van der Waals surface area contributed by atoms with Gasteiger partial charge in [-0.05, 0) is 33.2 Å². The standard InChI is InChI=1S/C14H24N2O2S2/c1-5-7-16-14(4,12(17)18-6-2)10-11(3)20-13-15-8-9-19-13/h8-9,11,16H,5-7,10H2,1-4H3. The summed E-state index contributed by atoms with van der Waals surface area (Å²) < 4.78 is 6.26. The van der Waals surface area contributed by atoms with Gasteiger partial charge in [0.15, 0.2) is 0 Å². The fourth-order valence-corrected chi connectivity index (χ4v) is 4.10. The van der Waals surface area contributed by atoms with E-state index >= 15 is 0 Å². The minimum atomic E-state index is -0.629. The summed E-state index contributed by atoms with van der Waals surface area (Å²) in [6.07, 6.45) is 3.51. The van der Waals surface area contributed by atoms with Gasteiger partial charge in [-0.2, -0.15) is 0 Å². The average Bonchev–Trinajstić information content (AvgIpc) is 2.89. The van der Waals surface area contributed by atoms with Crippen molar-refractivity contribution in [3.05, 3.63) is 11.6 Å². The van der Waals surface area contributed by atoms with Crippen molar-refractivity contribution in [2.75, 3.05) is 13.2 Å². The van der Waals surface area contributed by atoms with Crippen molar-refractivity contribution in [2.24, 2.45) is 0 Å². The minimum absolute atomic E-state index is 0.167. The second-order valence-corrected chi connectivity index (χ2v) is 7.49. The number of hydrogen-bond acceptors (Lipinski definition) is 6. The number of hydrogen-bond donors (Lipinski definition) is 1. The predicted octanol–water partition coefficient (Wildman–Crippen LogP) is 3.34. The predicted molar refractivity (Wildman–Crippen MR) is 85.4 cm³/mol. The lowest BCUT2D eigenvalue weighted by Gasteiger charge is -2.30. The first kappa shape index (κ1) is 17.5. The Bertz CT molecular complexity index is 398. The van der Waals surface area contributed by atoms with E-state index in [9.17, 15) is 4.79 Å². The molecule has 114 valence electrons. The van der Waals surface area contributed by atoms with E-state index in [2.05, 4.69) is 24.1 Å². The third kappa shape index (κ3) is 5.42. The van der Waals surface area contributed by atoms with Gasteiger partial charge in [0.25, 0.3) is 0 Å².